The standard InChI is InChI=1S/C22H25N3O5S/c1-2-31(26)22-18(24-25-23)20(27-13-15-9-5-3-6-10-15)19-17(29-22)14-28-21(30-19)16-11-7-4-8-12-16/h3-12,17-22H,2,13-14H2,1H3/t17-,18-,19-,20-,21?,22+,31?/m1/s1. The fraction of sp³-hybridized carbons (Fsp3) is 0.455. The van der Waals surface area contributed by atoms with Crippen LogP contribution in [-0.2, 0) is 36.4 Å². The van der Waals surface area contributed by atoms with Crippen molar-refractivity contribution in [3.63, 3.8) is 0 Å². The second-order valence-electron chi connectivity index (χ2n) is 7.35. The molecule has 0 aliphatic carbocycles. The SMILES string of the molecule is CCS(=O)[C@@H]1O[C@@H]2COC(c3ccccc3)O[C@H]2[C@H](OCc2ccccc2)[C@H]1N=[N+]=[N-]. The summed E-state index contributed by atoms with van der Waals surface area (Å²) in [6, 6.07) is 18.5. The summed E-state index contributed by atoms with van der Waals surface area (Å²) in [7, 11) is -1.35. The van der Waals surface area contributed by atoms with Crippen molar-refractivity contribution in [1.82, 2.24) is 0 Å². The lowest BCUT2D eigenvalue weighted by atomic mass is 9.97. The van der Waals surface area contributed by atoms with Gasteiger partial charge in [-0.3, -0.25) is 4.21 Å². The number of azide groups is 1. The monoisotopic (exact) mass is 443 g/mol. The van der Waals surface area contributed by atoms with Gasteiger partial charge in [-0.25, -0.2) is 0 Å². The first-order chi connectivity index (χ1) is 15.2. The van der Waals surface area contributed by atoms with Gasteiger partial charge in [0.15, 0.2) is 6.29 Å². The van der Waals surface area contributed by atoms with Gasteiger partial charge in [0.1, 0.15) is 23.7 Å². The number of ether oxygens (including phenoxy) is 4. The summed E-state index contributed by atoms with van der Waals surface area (Å²) >= 11 is 0. The summed E-state index contributed by atoms with van der Waals surface area (Å²) in [5.74, 6) is 0.374. The van der Waals surface area contributed by atoms with Gasteiger partial charge >= 0.3 is 0 Å². The van der Waals surface area contributed by atoms with Crippen LogP contribution in [0.5, 0.6) is 0 Å². The molecule has 2 unspecified atom stereocenters. The molecule has 0 saturated carbocycles. The third-order valence-corrected chi connectivity index (χ3v) is 6.87. The molecule has 8 nitrogen and oxygen atoms in total. The molecule has 2 aromatic carbocycles. The number of rotatable bonds is 7. The first-order valence-corrected chi connectivity index (χ1v) is 11.6. The molecule has 4 rings (SSSR count). The van der Waals surface area contributed by atoms with Gasteiger partial charge in [0.2, 0.25) is 0 Å². The van der Waals surface area contributed by atoms with Gasteiger partial charge in [-0.05, 0) is 11.1 Å². The first kappa shape index (κ1) is 22.0. The van der Waals surface area contributed by atoms with Gasteiger partial charge in [0.05, 0.1) is 30.1 Å². The molecule has 2 saturated heterocycles. The van der Waals surface area contributed by atoms with Crippen LogP contribution in [0.15, 0.2) is 65.8 Å². The molecule has 0 amide bonds. The molecule has 0 spiro atoms. The van der Waals surface area contributed by atoms with E-state index >= 15 is 0 Å². The molecular weight excluding hydrogens is 418 g/mol. The minimum Gasteiger partial charge on any atom is -0.370 e. The van der Waals surface area contributed by atoms with Gasteiger partial charge < -0.3 is 18.9 Å². The molecule has 0 bridgehead atoms. The molecule has 2 aliphatic heterocycles. The average Bonchev–Trinajstić information content (AvgIpc) is 2.83. The highest BCUT2D eigenvalue weighted by Gasteiger charge is 2.51. The van der Waals surface area contributed by atoms with Crippen molar-refractivity contribution >= 4 is 10.8 Å². The third kappa shape index (κ3) is 4.98. The van der Waals surface area contributed by atoms with Crippen LogP contribution in [0.4, 0.5) is 0 Å². The Bertz CT molecular complexity index is 925. The van der Waals surface area contributed by atoms with Gasteiger partial charge in [-0.1, -0.05) is 72.7 Å². The van der Waals surface area contributed by atoms with Crippen LogP contribution in [-0.4, -0.2) is 46.4 Å². The van der Waals surface area contributed by atoms with E-state index in [0.29, 0.717) is 12.4 Å². The van der Waals surface area contributed by atoms with Gasteiger partial charge in [-0.15, -0.1) is 0 Å². The van der Waals surface area contributed by atoms with Crippen LogP contribution in [0.2, 0.25) is 0 Å². The van der Waals surface area contributed by atoms with Gasteiger partial charge in [0, 0.05) is 16.2 Å². The lowest BCUT2D eigenvalue weighted by molar-refractivity contribution is -0.311. The Kier molecular flexibility index (Phi) is 7.34. The molecule has 2 heterocycles. The van der Waals surface area contributed by atoms with Crippen molar-refractivity contribution in [2.75, 3.05) is 12.4 Å². The lowest BCUT2D eigenvalue weighted by Crippen LogP contribution is -2.62. The number of hydrogen-bond donors (Lipinski definition) is 0. The van der Waals surface area contributed by atoms with Crippen molar-refractivity contribution in [2.24, 2.45) is 5.11 Å². The number of benzene rings is 2. The number of hydrogen-bond acceptors (Lipinski definition) is 6. The summed E-state index contributed by atoms with van der Waals surface area (Å²) < 4.78 is 37.2. The van der Waals surface area contributed by atoms with Crippen LogP contribution >= 0.6 is 0 Å². The maximum absolute atomic E-state index is 12.7. The maximum Gasteiger partial charge on any atom is 0.184 e. The largest absolute Gasteiger partial charge is 0.370 e. The predicted octanol–water partition coefficient (Wildman–Crippen LogP) is 3.86. The second kappa shape index (κ2) is 10.4. The zero-order valence-corrected chi connectivity index (χ0v) is 18.0. The highest BCUT2D eigenvalue weighted by Crippen LogP contribution is 2.37. The summed E-state index contributed by atoms with van der Waals surface area (Å²) in [4.78, 5) is 2.99. The zero-order chi connectivity index (χ0) is 21.6. The molecule has 0 aromatic heterocycles. The van der Waals surface area contributed by atoms with E-state index in [1.54, 1.807) is 6.92 Å². The third-order valence-electron chi connectivity index (χ3n) is 5.39. The van der Waals surface area contributed by atoms with E-state index in [1.165, 1.54) is 0 Å². The van der Waals surface area contributed by atoms with Crippen molar-refractivity contribution < 1.29 is 23.2 Å². The fourth-order valence-corrected chi connectivity index (χ4v) is 4.98. The molecule has 2 aromatic rings. The molecule has 0 radical (unpaired) electrons. The Labute approximate surface area is 183 Å². The average molecular weight is 444 g/mol. The smallest absolute Gasteiger partial charge is 0.184 e. The van der Waals surface area contributed by atoms with E-state index in [4.69, 9.17) is 18.9 Å². The predicted molar refractivity (Wildman–Crippen MR) is 115 cm³/mol. The van der Waals surface area contributed by atoms with E-state index < -0.39 is 46.9 Å². The Hall–Kier alpha value is -2.26. The Morgan fingerprint density at radius 1 is 1.13 bits per heavy atom. The minimum atomic E-state index is -1.35. The number of fused-ring (bicyclic) bond motifs is 1. The van der Waals surface area contributed by atoms with E-state index in [-0.39, 0.29) is 6.61 Å². The first-order valence-electron chi connectivity index (χ1n) is 10.3. The zero-order valence-electron chi connectivity index (χ0n) is 17.2. The van der Waals surface area contributed by atoms with Gasteiger partial charge in [0.25, 0.3) is 0 Å². The summed E-state index contributed by atoms with van der Waals surface area (Å²) in [5, 5.41) is 3.93. The van der Waals surface area contributed by atoms with E-state index in [9.17, 15) is 9.74 Å². The van der Waals surface area contributed by atoms with E-state index in [0.717, 1.165) is 11.1 Å². The van der Waals surface area contributed by atoms with Crippen LogP contribution in [0.25, 0.3) is 10.4 Å². The lowest BCUT2D eigenvalue weighted by Gasteiger charge is -2.48. The second-order valence-corrected chi connectivity index (χ2v) is 9.15. The fourth-order valence-electron chi connectivity index (χ4n) is 3.86. The van der Waals surface area contributed by atoms with Crippen LogP contribution in [0.1, 0.15) is 24.3 Å². The highest BCUT2D eigenvalue weighted by atomic mass is 32.2. The molecule has 2 fully saturated rings. The van der Waals surface area contributed by atoms with E-state index in [1.807, 2.05) is 60.7 Å². The number of nitrogens with zero attached hydrogens (tertiary/aromatic N) is 3. The van der Waals surface area contributed by atoms with Crippen molar-refractivity contribution in [1.29, 1.82) is 0 Å². The van der Waals surface area contributed by atoms with Crippen molar-refractivity contribution in [3.8, 4) is 0 Å². The van der Waals surface area contributed by atoms with Crippen LogP contribution in [0, 0.1) is 0 Å². The quantitative estimate of drug-likeness (QED) is 0.367. The van der Waals surface area contributed by atoms with Gasteiger partial charge in [-0.2, -0.15) is 0 Å². The molecule has 0 N–H and O–H groups in total. The molecule has 7 atom stereocenters. The Morgan fingerprint density at radius 2 is 1.84 bits per heavy atom. The molecule has 164 valence electrons. The summed E-state index contributed by atoms with van der Waals surface area (Å²) in [5.41, 5.74) is 10.3. The highest BCUT2D eigenvalue weighted by molar-refractivity contribution is 7.85. The normalized spacial score (nSPS) is 31.3. The summed E-state index contributed by atoms with van der Waals surface area (Å²) in [6.07, 6.45) is -2.24. The molecule has 2 aliphatic rings. The topological polar surface area (TPSA) is 103 Å². The van der Waals surface area contributed by atoms with Crippen LogP contribution in [0.3, 0.4) is 0 Å². The maximum atomic E-state index is 12.7. The van der Waals surface area contributed by atoms with Crippen LogP contribution < -0.4 is 0 Å². The van der Waals surface area contributed by atoms with E-state index in [2.05, 4.69) is 10.0 Å². The Balaban J connectivity index is 1.62. The molecule has 9 heteroatoms. The van der Waals surface area contributed by atoms with Crippen molar-refractivity contribution in [2.45, 2.75) is 49.6 Å². The Morgan fingerprint density at radius 3 is 2.52 bits per heavy atom. The minimum absolute atomic E-state index is 0.260. The molecule has 31 heavy (non-hydrogen) atoms. The van der Waals surface area contributed by atoms with Crippen molar-refractivity contribution in [3.05, 3.63) is 82.2 Å². The molecular formula is C22H25N3O5S. The summed E-state index contributed by atoms with van der Waals surface area (Å²) in [6.45, 7) is 2.37.